The fourth-order valence-electron chi connectivity index (χ4n) is 2.65. The first-order valence-electron chi connectivity index (χ1n) is 6.35. The fraction of sp³-hybridized carbons (Fsp3) is 0.538. The van der Waals surface area contributed by atoms with E-state index in [4.69, 9.17) is 12.2 Å². The Hall–Kier alpha value is -0.940. The van der Waals surface area contributed by atoms with Crippen LogP contribution in [0.15, 0.2) is 16.2 Å². The Morgan fingerprint density at radius 1 is 1.56 bits per heavy atom. The number of nitrogens with zero attached hydrogens (tertiary/aromatic N) is 1. The van der Waals surface area contributed by atoms with Crippen molar-refractivity contribution in [3.63, 3.8) is 0 Å². The number of hydrogen-bond acceptors (Lipinski definition) is 3. The average Bonchev–Trinajstić information content (AvgIpc) is 2.92. The predicted octanol–water partition coefficient (Wildman–Crippen LogP) is 3.70. The number of aromatic nitrogens is 2. The van der Waals surface area contributed by atoms with Crippen LogP contribution in [0.3, 0.4) is 0 Å². The van der Waals surface area contributed by atoms with Crippen LogP contribution in [-0.2, 0) is 6.54 Å². The van der Waals surface area contributed by atoms with Gasteiger partial charge in [-0.25, -0.2) is 0 Å². The highest BCUT2D eigenvalue weighted by molar-refractivity contribution is 7.71. The van der Waals surface area contributed by atoms with Gasteiger partial charge in [0, 0.05) is 6.54 Å². The lowest BCUT2D eigenvalue weighted by atomic mass is 10.0. The molecule has 2 heterocycles. The molecule has 2 aromatic rings. The average molecular weight is 280 g/mol. The molecule has 5 heteroatoms. The highest BCUT2D eigenvalue weighted by atomic mass is 32.1. The molecule has 0 aliphatic heterocycles. The van der Waals surface area contributed by atoms with Crippen molar-refractivity contribution in [2.75, 3.05) is 0 Å². The Morgan fingerprint density at radius 2 is 2.33 bits per heavy atom. The molecule has 0 spiro atoms. The van der Waals surface area contributed by atoms with Crippen LogP contribution in [0.1, 0.15) is 32.6 Å². The summed E-state index contributed by atoms with van der Waals surface area (Å²) in [5.41, 5.74) is 0.404. The summed E-state index contributed by atoms with van der Waals surface area (Å²) < 4.78 is 2.32. The van der Waals surface area contributed by atoms with Gasteiger partial charge in [-0.2, -0.15) is 0 Å². The lowest BCUT2D eigenvalue weighted by Gasteiger charge is -2.15. The van der Waals surface area contributed by atoms with Gasteiger partial charge in [-0.05, 0) is 48.3 Å². The molecule has 1 N–H and O–H groups in total. The number of nitrogens with one attached hydrogen (secondary N) is 1. The van der Waals surface area contributed by atoms with E-state index in [1.54, 1.807) is 4.57 Å². The van der Waals surface area contributed by atoms with Crippen LogP contribution in [-0.4, -0.2) is 9.55 Å². The lowest BCUT2D eigenvalue weighted by molar-refractivity contribution is 0.379. The Kier molecular flexibility index (Phi) is 2.90. The molecular weight excluding hydrogens is 264 g/mol. The van der Waals surface area contributed by atoms with E-state index in [0.29, 0.717) is 10.2 Å². The van der Waals surface area contributed by atoms with E-state index < -0.39 is 0 Å². The second-order valence-corrected chi connectivity index (χ2v) is 6.54. The summed E-state index contributed by atoms with van der Waals surface area (Å²) in [6, 6.07) is 1.88. The van der Waals surface area contributed by atoms with Crippen LogP contribution in [0.2, 0.25) is 0 Å². The molecule has 1 aliphatic carbocycles. The van der Waals surface area contributed by atoms with Gasteiger partial charge in [-0.15, -0.1) is 11.3 Å². The summed E-state index contributed by atoms with van der Waals surface area (Å²) in [6.45, 7) is 2.98. The standard InChI is InChI=1S/C13H16N2OS2/c1-2-4-13(5-6-13)8-15-11(16)9-3-7-18-10(9)14-12(15)17/h3,7H,2,4-6,8H2,1H3,(H,14,17). The molecule has 18 heavy (non-hydrogen) atoms. The highest BCUT2D eigenvalue weighted by Gasteiger charge is 2.42. The molecule has 1 fully saturated rings. The quantitative estimate of drug-likeness (QED) is 0.867. The van der Waals surface area contributed by atoms with Crippen LogP contribution in [0.25, 0.3) is 10.2 Å². The number of thiophene rings is 1. The van der Waals surface area contributed by atoms with Crippen LogP contribution < -0.4 is 5.56 Å². The van der Waals surface area contributed by atoms with Gasteiger partial charge in [-0.3, -0.25) is 9.36 Å². The molecule has 2 aromatic heterocycles. The maximum Gasteiger partial charge on any atom is 0.263 e. The number of rotatable bonds is 4. The van der Waals surface area contributed by atoms with E-state index in [2.05, 4.69) is 11.9 Å². The summed E-state index contributed by atoms with van der Waals surface area (Å²) in [7, 11) is 0. The number of aromatic amines is 1. The maximum atomic E-state index is 12.4. The molecule has 0 radical (unpaired) electrons. The number of hydrogen-bond donors (Lipinski definition) is 1. The topological polar surface area (TPSA) is 37.8 Å². The number of fused-ring (bicyclic) bond motifs is 1. The van der Waals surface area contributed by atoms with Crippen molar-refractivity contribution in [2.45, 2.75) is 39.2 Å². The van der Waals surface area contributed by atoms with E-state index in [0.717, 1.165) is 16.8 Å². The summed E-state index contributed by atoms with van der Waals surface area (Å²) in [5, 5.41) is 2.70. The van der Waals surface area contributed by atoms with E-state index in [9.17, 15) is 4.79 Å². The van der Waals surface area contributed by atoms with Crippen molar-refractivity contribution in [3.8, 4) is 0 Å². The zero-order valence-electron chi connectivity index (χ0n) is 10.4. The van der Waals surface area contributed by atoms with Crippen LogP contribution in [0.5, 0.6) is 0 Å². The molecule has 0 saturated heterocycles. The van der Waals surface area contributed by atoms with Crippen LogP contribution >= 0.6 is 23.6 Å². The van der Waals surface area contributed by atoms with Crippen molar-refractivity contribution in [1.82, 2.24) is 9.55 Å². The smallest absolute Gasteiger partial charge is 0.263 e. The van der Waals surface area contributed by atoms with Crippen molar-refractivity contribution < 1.29 is 0 Å². The minimum Gasteiger partial charge on any atom is -0.323 e. The third kappa shape index (κ3) is 1.95. The highest BCUT2D eigenvalue weighted by Crippen LogP contribution is 2.50. The molecule has 0 atom stereocenters. The Balaban J connectivity index is 2.06. The predicted molar refractivity (Wildman–Crippen MR) is 77.8 cm³/mol. The second-order valence-electron chi connectivity index (χ2n) is 5.23. The number of H-pyrrole nitrogens is 1. The molecule has 0 unspecified atom stereocenters. The first kappa shape index (κ1) is 12.1. The summed E-state index contributed by atoms with van der Waals surface area (Å²) in [4.78, 5) is 16.5. The molecule has 3 nitrogen and oxygen atoms in total. The van der Waals surface area contributed by atoms with Crippen molar-refractivity contribution in [1.29, 1.82) is 0 Å². The Labute approximate surface area is 114 Å². The minimum absolute atomic E-state index is 0.0670. The van der Waals surface area contributed by atoms with Gasteiger partial charge >= 0.3 is 0 Å². The van der Waals surface area contributed by atoms with Gasteiger partial charge in [-0.1, -0.05) is 13.3 Å². The monoisotopic (exact) mass is 280 g/mol. The van der Waals surface area contributed by atoms with Crippen molar-refractivity contribution in [2.24, 2.45) is 5.41 Å². The van der Waals surface area contributed by atoms with Gasteiger partial charge in [0.05, 0.1) is 5.39 Å². The zero-order valence-corrected chi connectivity index (χ0v) is 12.0. The van der Waals surface area contributed by atoms with E-state index >= 15 is 0 Å². The largest absolute Gasteiger partial charge is 0.323 e. The van der Waals surface area contributed by atoms with Crippen LogP contribution in [0, 0.1) is 10.2 Å². The Bertz CT molecular complexity index is 691. The minimum atomic E-state index is 0.0670. The third-order valence-electron chi connectivity index (χ3n) is 3.84. The molecule has 1 saturated carbocycles. The molecule has 1 aliphatic rings. The van der Waals surface area contributed by atoms with Crippen molar-refractivity contribution in [3.05, 3.63) is 26.6 Å². The van der Waals surface area contributed by atoms with E-state index in [-0.39, 0.29) is 5.56 Å². The fourth-order valence-corrected chi connectivity index (χ4v) is 3.74. The molecule has 3 rings (SSSR count). The molecule has 0 bridgehead atoms. The summed E-state index contributed by atoms with van der Waals surface area (Å²) in [6.07, 6.45) is 4.81. The van der Waals surface area contributed by atoms with Gasteiger partial charge in [0.2, 0.25) is 0 Å². The van der Waals surface area contributed by atoms with Crippen molar-refractivity contribution >= 4 is 33.8 Å². The molecule has 0 aromatic carbocycles. The summed E-state index contributed by atoms with van der Waals surface area (Å²) >= 11 is 6.86. The van der Waals surface area contributed by atoms with Gasteiger partial charge in [0.15, 0.2) is 4.77 Å². The first-order chi connectivity index (χ1) is 8.65. The van der Waals surface area contributed by atoms with Gasteiger partial charge < -0.3 is 4.98 Å². The normalized spacial score (nSPS) is 17.2. The van der Waals surface area contributed by atoms with E-state index in [1.807, 2.05) is 11.4 Å². The van der Waals surface area contributed by atoms with Crippen LogP contribution in [0.4, 0.5) is 0 Å². The maximum absolute atomic E-state index is 12.4. The second kappa shape index (κ2) is 4.31. The van der Waals surface area contributed by atoms with Gasteiger partial charge in [0.25, 0.3) is 5.56 Å². The van der Waals surface area contributed by atoms with Gasteiger partial charge in [0.1, 0.15) is 4.83 Å². The Morgan fingerprint density at radius 3 is 3.00 bits per heavy atom. The summed E-state index contributed by atoms with van der Waals surface area (Å²) in [5.74, 6) is 0. The SMILES string of the molecule is CCCC1(Cn2c(=S)[nH]c3sccc3c2=O)CC1. The zero-order chi connectivity index (χ0) is 12.8. The molecular formula is C13H16N2OS2. The van der Waals surface area contributed by atoms with E-state index in [1.165, 1.54) is 37.0 Å². The third-order valence-corrected chi connectivity index (χ3v) is 4.99. The molecule has 0 amide bonds. The lowest BCUT2D eigenvalue weighted by Crippen LogP contribution is -2.26. The molecule has 96 valence electrons. The first-order valence-corrected chi connectivity index (χ1v) is 7.64.